The highest BCUT2D eigenvalue weighted by Gasteiger charge is 2.06. The minimum Gasteiger partial charge on any atom is -0.380 e. The lowest BCUT2D eigenvalue weighted by Gasteiger charge is -2.08. The molecule has 0 bridgehead atoms. The van der Waals surface area contributed by atoms with Gasteiger partial charge in [0.1, 0.15) is 17.3 Å². The van der Waals surface area contributed by atoms with Gasteiger partial charge in [-0.2, -0.15) is 0 Å². The Hall–Kier alpha value is -1.12. The van der Waals surface area contributed by atoms with Crippen molar-refractivity contribution in [1.29, 1.82) is 0 Å². The van der Waals surface area contributed by atoms with Crippen LogP contribution >= 0.6 is 0 Å². The van der Waals surface area contributed by atoms with Crippen LogP contribution in [0.2, 0.25) is 0 Å². The molecule has 0 saturated heterocycles. The maximum absolute atomic E-state index is 13.2. The predicted octanol–water partition coefficient (Wildman–Crippen LogP) is 4.74. The number of anilines is 1. The number of rotatable bonds is 8. The third-order valence-corrected chi connectivity index (χ3v) is 2.79. The van der Waals surface area contributed by atoms with Crippen LogP contribution in [-0.2, 0) is 0 Å². The second-order valence-corrected chi connectivity index (χ2v) is 4.29. The molecule has 1 aromatic carbocycles. The molecule has 0 radical (unpaired) electrons. The molecular weight excluding hydrogens is 220 g/mol. The Labute approximate surface area is 102 Å². The highest BCUT2D eigenvalue weighted by molar-refractivity contribution is 5.45. The first-order chi connectivity index (χ1) is 8.25. The SMILES string of the molecule is CCCCCCCCNc1c(F)cccc1F. The predicted molar refractivity (Wildman–Crippen MR) is 68.2 cm³/mol. The van der Waals surface area contributed by atoms with E-state index in [1.807, 2.05) is 0 Å². The van der Waals surface area contributed by atoms with E-state index in [1.54, 1.807) is 0 Å². The molecule has 1 aromatic rings. The molecule has 3 heteroatoms. The summed E-state index contributed by atoms with van der Waals surface area (Å²) in [4.78, 5) is 0. The van der Waals surface area contributed by atoms with E-state index >= 15 is 0 Å². The Kier molecular flexibility index (Phi) is 6.60. The molecule has 0 heterocycles. The first-order valence-electron chi connectivity index (χ1n) is 6.43. The largest absolute Gasteiger partial charge is 0.380 e. The standard InChI is InChI=1S/C14H21F2N/c1-2-3-4-5-6-7-11-17-14-12(15)9-8-10-13(14)16/h8-10,17H,2-7,11H2,1H3. The molecular formula is C14H21F2N. The Balaban J connectivity index is 2.18. The smallest absolute Gasteiger partial charge is 0.149 e. The summed E-state index contributed by atoms with van der Waals surface area (Å²) >= 11 is 0. The summed E-state index contributed by atoms with van der Waals surface area (Å²) in [6, 6.07) is 3.92. The van der Waals surface area contributed by atoms with Gasteiger partial charge in [-0.1, -0.05) is 45.1 Å². The van der Waals surface area contributed by atoms with Crippen molar-refractivity contribution in [2.45, 2.75) is 45.4 Å². The third-order valence-electron chi connectivity index (χ3n) is 2.79. The molecule has 1 N–H and O–H groups in total. The number of benzene rings is 1. The number of hydrogen-bond donors (Lipinski definition) is 1. The minimum absolute atomic E-state index is 0.000980. The van der Waals surface area contributed by atoms with E-state index in [1.165, 1.54) is 43.9 Å². The molecule has 0 saturated carbocycles. The number of unbranched alkanes of at least 4 members (excludes halogenated alkanes) is 5. The van der Waals surface area contributed by atoms with Gasteiger partial charge in [-0.15, -0.1) is 0 Å². The number of nitrogens with one attached hydrogen (secondary N) is 1. The highest BCUT2D eigenvalue weighted by atomic mass is 19.1. The fourth-order valence-electron chi connectivity index (χ4n) is 1.79. The lowest BCUT2D eigenvalue weighted by Crippen LogP contribution is -2.05. The van der Waals surface area contributed by atoms with Crippen molar-refractivity contribution in [3.05, 3.63) is 29.8 Å². The van der Waals surface area contributed by atoms with Crippen LogP contribution in [0.4, 0.5) is 14.5 Å². The summed E-state index contributed by atoms with van der Waals surface area (Å²) in [5, 5.41) is 2.82. The van der Waals surface area contributed by atoms with Crippen molar-refractivity contribution in [3.8, 4) is 0 Å². The van der Waals surface area contributed by atoms with Gasteiger partial charge in [0.25, 0.3) is 0 Å². The van der Waals surface area contributed by atoms with Crippen LogP contribution in [0.3, 0.4) is 0 Å². The molecule has 0 aliphatic heterocycles. The fraction of sp³-hybridized carbons (Fsp3) is 0.571. The summed E-state index contributed by atoms with van der Waals surface area (Å²) in [5.41, 5.74) is 0.000980. The summed E-state index contributed by atoms with van der Waals surface area (Å²) in [6.45, 7) is 2.81. The van der Waals surface area contributed by atoms with Crippen LogP contribution in [0.15, 0.2) is 18.2 Å². The molecule has 0 fully saturated rings. The van der Waals surface area contributed by atoms with Crippen LogP contribution in [-0.4, -0.2) is 6.54 Å². The van der Waals surface area contributed by atoms with Gasteiger partial charge in [0, 0.05) is 6.54 Å². The normalized spacial score (nSPS) is 10.5. The monoisotopic (exact) mass is 241 g/mol. The molecule has 0 unspecified atom stereocenters. The molecule has 0 aliphatic rings. The Morgan fingerprint density at radius 3 is 2.18 bits per heavy atom. The molecule has 96 valence electrons. The number of hydrogen-bond acceptors (Lipinski definition) is 1. The number of halogens is 2. The van der Waals surface area contributed by atoms with E-state index in [2.05, 4.69) is 12.2 Å². The lowest BCUT2D eigenvalue weighted by atomic mass is 10.1. The van der Waals surface area contributed by atoms with Crippen LogP contribution in [0.25, 0.3) is 0 Å². The number of para-hydroxylation sites is 1. The van der Waals surface area contributed by atoms with Gasteiger partial charge in [-0.05, 0) is 18.6 Å². The average Bonchev–Trinajstić information content (AvgIpc) is 2.31. The summed E-state index contributed by atoms with van der Waals surface area (Å²) in [7, 11) is 0. The van der Waals surface area contributed by atoms with Gasteiger partial charge in [0.05, 0.1) is 0 Å². The van der Waals surface area contributed by atoms with E-state index in [0.29, 0.717) is 6.54 Å². The molecule has 0 aromatic heterocycles. The Morgan fingerprint density at radius 1 is 0.941 bits per heavy atom. The van der Waals surface area contributed by atoms with Crippen molar-refractivity contribution < 1.29 is 8.78 Å². The molecule has 1 rings (SSSR count). The topological polar surface area (TPSA) is 12.0 Å². The van der Waals surface area contributed by atoms with Gasteiger partial charge in [0.2, 0.25) is 0 Å². The quantitative estimate of drug-likeness (QED) is 0.648. The zero-order chi connectivity index (χ0) is 12.5. The maximum Gasteiger partial charge on any atom is 0.149 e. The van der Waals surface area contributed by atoms with Crippen molar-refractivity contribution >= 4 is 5.69 Å². The summed E-state index contributed by atoms with van der Waals surface area (Å²) in [6.07, 6.45) is 7.04. The van der Waals surface area contributed by atoms with Crippen molar-refractivity contribution in [1.82, 2.24) is 0 Å². The van der Waals surface area contributed by atoms with Gasteiger partial charge in [-0.25, -0.2) is 8.78 Å². The van der Waals surface area contributed by atoms with Crippen LogP contribution < -0.4 is 5.32 Å². The second kappa shape index (κ2) is 8.04. The highest BCUT2D eigenvalue weighted by Crippen LogP contribution is 2.18. The molecule has 0 amide bonds. The Bertz CT molecular complexity index is 306. The zero-order valence-electron chi connectivity index (χ0n) is 10.4. The van der Waals surface area contributed by atoms with E-state index in [-0.39, 0.29) is 5.69 Å². The van der Waals surface area contributed by atoms with Crippen molar-refractivity contribution in [2.24, 2.45) is 0 Å². The van der Waals surface area contributed by atoms with Crippen molar-refractivity contribution in [2.75, 3.05) is 11.9 Å². The first kappa shape index (κ1) is 13.9. The maximum atomic E-state index is 13.2. The van der Waals surface area contributed by atoms with Crippen LogP contribution in [0.5, 0.6) is 0 Å². The van der Waals surface area contributed by atoms with E-state index in [4.69, 9.17) is 0 Å². The molecule has 0 aliphatic carbocycles. The zero-order valence-corrected chi connectivity index (χ0v) is 10.4. The van der Waals surface area contributed by atoms with Gasteiger partial charge in [-0.3, -0.25) is 0 Å². The van der Waals surface area contributed by atoms with Crippen LogP contribution in [0.1, 0.15) is 45.4 Å². The van der Waals surface area contributed by atoms with E-state index in [9.17, 15) is 8.78 Å². The van der Waals surface area contributed by atoms with Gasteiger partial charge >= 0.3 is 0 Å². The van der Waals surface area contributed by atoms with Crippen molar-refractivity contribution in [3.63, 3.8) is 0 Å². The van der Waals surface area contributed by atoms with Crippen LogP contribution in [0, 0.1) is 11.6 Å². The average molecular weight is 241 g/mol. The molecule has 1 nitrogen and oxygen atoms in total. The fourth-order valence-corrected chi connectivity index (χ4v) is 1.79. The first-order valence-corrected chi connectivity index (χ1v) is 6.43. The van der Waals surface area contributed by atoms with E-state index in [0.717, 1.165) is 12.8 Å². The summed E-state index contributed by atoms with van der Waals surface area (Å²) in [5.74, 6) is -1.04. The van der Waals surface area contributed by atoms with Gasteiger partial charge in [0.15, 0.2) is 0 Å². The Morgan fingerprint density at radius 2 is 1.53 bits per heavy atom. The minimum atomic E-state index is -0.518. The summed E-state index contributed by atoms with van der Waals surface area (Å²) < 4.78 is 26.4. The molecule has 17 heavy (non-hydrogen) atoms. The molecule has 0 atom stereocenters. The third kappa shape index (κ3) is 5.16. The second-order valence-electron chi connectivity index (χ2n) is 4.29. The lowest BCUT2D eigenvalue weighted by molar-refractivity contribution is 0.583. The molecule has 0 spiro atoms. The van der Waals surface area contributed by atoms with E-state index < -0.39 is 11.6 Å². The van der Waals surface area contributed by atoms with Gasteiger partial charge < -0.3 is 5.32 Å².